The van der Waals surface area contributed by atoms with Gasteiger partial charge in [0.25, 0.3) is 0 Å². The van der Waals surface area contributed by atoms with Crippen molar-refractivity contribution in [3.63, 3.8) is 0 Å². The fraction of sp³-hybridized carbons (Fsp3) is 0.182. The van der Waals surface area contributed by atoms with Crippen molar-refractivity contribution in [2.24, 2.45) is 0 Å². The van der Waals surface area contributed by atoms with Crippen molar-refractivity contribution in [1.82, 2.24) is 0 Å². The van der Waals surface area contributed by atoms with Crippen LogP contribution in [-0.2, 0) is 11.2 Å². The lowest BCUT2D eigenvalue weighted by Crippen LogP contribution is -2.02. The second-order valence-corrected chi connectivity index (χ2v) is 3.05. The van der Waals surface area contributed by atoms with Gasteiger partial charge in [-0.3, -0.25) is 0 Å². The van der Waals surface area contributed by atoms with Gasteiger partial charge in [-0.25, -0.2) is 9.18 Å². The maximum absolute atomic E-state index is 13.2. The molecule has 1 aromatic carbocycles. The summed E-state index contributed by atoms with van der Waals surface area (Å²) in [5.41, 5.74) is 0.584. The number of halogens is 1. The molecule has 0 fully saturated rings. The summed E-state index contributed by atoms with van der Waals surface area (Å²) >= 11 is 0. The van der Waals surface area contributed by atoms with E-state index >= 15 is 0 Å². The van der Waals surface area contributed by atoms with Crippen molar-refractivity contribution in [3.05, 3.63) is 41.7 Å². The van der Waals surface area contributed by atoms with Gasteiger partial charge in [0, 0.05) is 12.0 Å². The number of carboxylic acids is 1. The summed E-state index contributed by atoms with van der Waals surface area (Å²) in [6, 6.07) is 4.31. The van der Waals surface area contributed by atoms with Gasteiger partial charge in [0.05, 0.1) is 7.11 Å². The highest BCUT2D eigenvalue weighted by molar-refractivity contribution is 5.86. The summed E-state index contributed by atoms with van der Waals surface area (Å²) in [6.07, 6.45) is 0.121. The number of benzene rings is 1. The van der Waals surface area contributed by atoms with E-state index < -0.39 is 11.8 Å². The molecular weight excluding hydrogens is 199 g/mol. The average molecular weight is 210 g/mol. The van der Waals surface area contributed by atoms with Gasteiger partial charge in [0.2, 0.25) is 0 Å². The number of hydrogen-bond acceptors (Lipinski definition) is 2. The summed E-state index contributed by atoms with van der Waals surface area (Å²) in [7, 11) is 1.37. The molecule has 0 aliphatic heterocycles. The van der Waals surface area contributed by atoms with Crippen LogP contribution in [0.25, 0.3) is 0 Å². The Hall–Kier alpha value is -1.84. The third kappa shape index (κ3) is 2.80. The summed E-state index contributed by atoms with van der Waals surface area (Å²) in [5, 5.41) is 8.60. The minimum atomic E-state index is -1.08. The van der Waals surface area contributed by atoms with Crippen LogP contribution in [0.4, 0.5) is 4.39 Å². The first kappa shape index (κ1) is 11.2. The molecular formula is C11H11FO3. The minimum Gasteiger partial charge on any atom is -0.494 e. The Labute approximate surface area is 86.8 Å². The molecule has 0 atom stereocenters. The minimum absolute atomic E-state index is 0.0274. The predicted octanol–water partition coefficient (Wildman–Crippen LogP) is 2.02. The maximum Gasteiger partial charge on any atom is 0.331 e. The first-order valence-corrected chi connectivity index (χ1v) is 4.28. The quantitative estimate of drug-likeness (QED) is 0.773. The van der Waals surface area contributed by atoms with Crippen LogP contribution in [0.2, 0.25) is 0 Å². The van der Waals surface area contributed by atoms with Gasteiger partial charge >= 0.3 is 5.97 Å². The topological polar surface area (TPSA) is 46.5 Å². The Bertz CT molecular complexity index is 399. The van der Waals surface area contributed by atoms with E-state index in [1.54, 1.807) is 6.07 Å². The summed E-state index contributed by atoms with van der Waals surface area (Å²) in [5.74, 6) is -1.45. The molecule has 4 heteroatoms. The average Bonchev–Trinajstić information content (AvgIpc) is 2.18. The van der Waals surface area contributed by atoms with Gasteiger partial charge in [-0.1, -0.05) is 12.6 Å². The van der Waals surface area contributed by atoms with E-state index in [9.17, 15) is 9.18 Å². The highest BCUT2D eigenvalue weighted by atomic mass is 19.1. The zero-order valence-electron chi connectivity index (χ0n) is 8.29. The standard InChI is InChI=1S/C11H11FO3/c1-7(11(13)14)5-8-3-4-10(15-2)9(12)6-8/h3-4,6H,1,5H2,2H3,(H,13,14). The maximum atomic E-state index is 13.2. The van der Waals surface area contributed by atoms with Gasteiger partial charge in [-0.15, -0.1) is 0 Å². The van der Waals surface area contributed by atoms with Crippen molar-refractivity contribution in [1.29, 1.82) is 0 Å². The van der Waals surface area contributed by atoms with E-state index in [0.29, 0.717) is 5.56 Å². The number of aliphatic carboxylic acids is 1. The van der Waals surface area contributed by atoms with Crippen LogP contribution in [0.3, 0.4) is 0 Å². The number of carbonyl (C=O) groups is 1. The molecule has 0 spiro atoms. The first-order valence-electron chi connectivity index (χ1n) is 4.28. The monoisotopic (exact) mass is 210 g/mol. The molecule has 1 rings (SSSR count). The van der Waals surface area contributed by atoms with Crippen molar-refractivity contribution >= 4 is 5.97 Å². The number of rotatable bonds is 4. The zero-order valence-corrected chi connectivity index (χ0v) is 8.29. The van der Waals surface area contributed by atoms with Crippen molar-refractivity contribution in [2.75, 3.05) is 7.11 Å². The van der Waals surface area contributed by atoms with Gasteiger partial charge in [-0.2, -0.15) is 0 Å². The second-order valence-electron chi connectivity index (χ2n) is 3.05. The zero-order chi connectivity index (χ0) is 11.4. The smallest absolute Gasteiger partial charge is 0.331 e. The molecule has 0 aromatic heterocycles. The molecule has 0 aliphatic carbocycles. The Morgan fingerprint density at radius 3 is 2.73 bits per heavy atom. The third-order valence-electron chi connectivity index (χ3n) is 1.94. The van der Waals surface area contributed by atoms with E-state index in [1.807, 2.05) is 0 Å². The largest absolute Gasteiger partial charge is 0.494 e. The van der Waals surface area contributed by atoms with E-state index in [4.69, 9.17) is 9.84 Å². The molecule has 0 heterocycles. The van der Waals surface area contributed by atoms with E-state index in [0.717, 1.165) is 0 Å². The van der Waals surface area contributed by atoms with Crippen LogP contribution in [-0.4, -0.2) is 18.2 Å². The molecule has 15 heavy (non-hydrogen) atoms. The number of carboxylic acid groups (broad SMARTS) is 1. The molecule has 3 nitrogen and oxygen atoms in total. The molecule has 0 amide bonds. The molecule has 0 saturated carbocycles. The molecule has 1 aromatic rings. The number of ether oxygens (including phenoxy) is 1. The Morgan fingerprint density at radius 1 is 1.60 bits per heavy atom. The Kier molecular flexibility index (Phi) is 3.44. The van der Waals surface area contributed by atoms with Crippen LogP contribution in [0.5, 0.6) is 5.75 Å². The Balaban J connectivity index is 2.84. The third-order valence-corrected chi connectivity index (χ3v) is 1.94. The van der Waals surface area contributed by atoms with Crippen molar-refractivity contribution < 1.29 is 19.0 Å². The highest BCUT2D eigenvalue weighted by Crippen LogP contribution is 2.19. The molecule has 0 unspecified atom stereocenters. The number of methoxy groups -OCH3 is 1. The van der Waals surface area contributed by atoms with Gasteiger partial charge in [0.1, 0.15) is 0 Å². The fourth-order valence-corrected chi connectivity index (χ4v) is 1.14. The SMILES string of the molecule is C=C(Cc1ccc(OC)c(F)c1)C(=O)O. The molecule has 1 N–H and O–H groups in total. The molecule has 0 saturated heterocycles. The van der Waals surface area contributed by atoms with Crippen LogP contribution >= 0.6 is 0 Å². The summed E-state index contributed by atoms with van der Waals surface area (Å²) in [6.45, 7) is 3.37. The molecule has 0 bridgehead atoms. The molecule has 0 aliphatic rings. The van der Waals surface area contributed by atoms with Crippen molar-refractivity contribution in [3.8, 4) is 5.75 Å². The predicted molar refractivity (Wildman–Crippen MR) is 53.4 cm³/mol. The van der Waals surface area contributed by atoms with Crippen LogP contribution < -0.4 is 4.74 Å². The van der Waals surface area contributed by atoms with E-state index in [1.165, 1.54) is 19.2 Å². The highest BCUT2D eigenvalue weighted by Gasteiger charge is 2.08. The molecule has 0 radical (unpaired) electrons. The summed E-state index contributed by atoms with van der Waals surface area (Å²) < 4.78 is 17.9. The van der Waals surface area contributed by atoms with Crippen molar-refractivity contribution in [2.45, 2.75) is 6.42 Å². The lowest BCUT2D eigenvalue weighted by Gasteiger charge is -2.04. The van der Waals surface area contributed by atoms with E-state index in [2.05, 4.69) is 6.58 Å². The van der Waals surface area contributed by atoms with Crippen LogP contribution in [0, 0.1) is 5.82 Å². The first-order chi connectivity index (χ1) is 7.04. The van der Waals surface area contributed by atoms with Crippen LogP contribution in [0.15, 0.2) is 30.4 Å². The van der Waals surface area contributed by atoms with Gasteiger partial charge < -0.3 is 9.84 Å². The lowest BCUT2D eigenvalue weighted by atomic mass is 10.1. The molecule has 80 valence electrons. The summed E-state index contributed by atoms with van der Waals surface area (Å²) in [4.78, 5) is 10.5. The lowest BCUT2D eigenvalue weighted by molar-refractivity contribution is -0.132. The van der Waals surface area contributed by atoms with Gasteiger partial charge in [0.15, 0.2) is 11.6 Å². The van der Waals surface area contributed by atoms with Crippen LogP contribution in [0.1, 0.15) is 5.56 Å². The Morgan fingerprint density at radius 2 is 2.27 bits per heavy atom. The normalized spacial score (nSPS) is 9.73. The van der Waals surface area contributed by atoms with Gasteiger partial charge in [-0.05, 0) is 17.7 Å². The number of hydrogen-bond donors (Lipinski definition) is 1. The second kappa shape index (κ2) is 4.59. The van der Waals surface area contributed by atoms with E-state index in [-0.39, 0.29) is 17.7 Å². The fourth-order valence-electron chi connectivity index (χ4n) is 1.14.